The van der Waals surface area contributed by atoms with Crippen LogP contribution in [0.25, 0.3) is 0 Å². The van der Waals surface area contributed by atoms with E-state index in [0.717, 1.165) is 5.69 Å². The Morgan fingerprint density at radius 2 is 2.05 bits per heavy atom. The van der Waals surface area contributed by atoms with Gasteiger partial charge in [0.1, 0.15) is 5.82 Å². The fraction of sp³-hybridized carbons (Fsp3) is 0.500. The Balaban J connectivity index is 1.95. The summed E-state index contributed by atoms with van der Waals surface area (Å²) in [5.74, 6) is -0.255. The van der Waals surface area contributed by atoms with Crippen LogP contribution in [0, 0.1) is 5.82 Å². The van der Waals surface area contributed by atoms with Gasteiger partial charge in [-0.25, -0.2) is 4.39 Å². The molecule has 1 aliphatic rings. The van der Waals surface area contributed by atoms with Crippen molar-refractivity contribution in [1.29, 1.82) is 0 Å². The Morgan fingerprint density at radius 1 is 1.40 bits per heavy atom. The Morgan fingerprint density at radius 3 is 2.60 bits per heavy atom. The minimum absolute atomic E-state index is 0.0878. The second kappa shape index (κ2) is 6.41. The second-order valence-corrected chi connectivity index (χ2v) is 5.55. The van der Waals surface area contributed by atoms with Crippen LogP contribution < -0.4 is 10.6 Å². The van der Waals surface area contributed by atoms with Crippen LogP contribution in [-0.4, -0.2) is 43.0 Å². The molecule has 1 heterocycles. The van der Waals surface area contributed by atoms with Gasteiger partial charge in [-0.3, -0.25) is 4.79 Å². The fourth-order valence-corrected chi connectivity index (χ4v) is 2.63. The fourth-order valence-electron chi connectivity index (χ4n) is 2.34. The zero-order valence-electron chi connectivity index (χ0n) is 11.5. The molecule has 20 heavy (non-hydrogen) atoms. The first-order valence-corrected chi connectivity index (χ1v) is 7.08. The molecule has 1 aromatic rings. The lowest BCUT2D eigenvalue weighted by Crippen LogP contribution is -2.49. The Bertz CT molecular complexity index is 487. The summed E-state index contributed by atoms with van der Waals surface area (Å²) in [4.78, 5) is 15.8. The number of anilines is 1. The third-order valence-electron chi connectivity index (χ3n) is 3.38. The van der Waals surface area contributed by atoms with E-state index in [0.29, 0.717) is 37.6 Å². The van der Waals surface area contributed by atoms with E-state index in [-0.39, 0.29) is 17.8 Å². The predicted molar refractivity (Wildman–Crippen MR) is 78.5 cm³/mol. The van der Waals surface area contributed by atoms with Gasteiger partial charge in [0, 0.05) is 38.6 Å². The Hall–Kier alpha value is -1.33. The van der Waals surface area contributed by atoms with Crippen molar-refractivity contribution in [1.82, 2.24) is 4.90 Å². The summed E-state index contributed by atoms with van der Waals surface area (Å²) >= 11 is 6.05. The molecular formula is C14H19ClFN3O. The molecule has 110 valence electrons. The number of hydrogen-bond acceptors (Lipinski definition) is 3. The number of nitrogens with zero attached hydrogens (tertiary/aromatic N) is 2. The van der Waals surface area contributed by atoms with Gasteiger partial charge in [-0.15, -0.1) is 0 Å². The lowest BCUT2D eigenvalue weighted by atomic mass is 10.2. The molecule has 1 saturated heterocycles. The van der Waals surface area contributed by atoms with E-state index in [2.05, 4.69) is 4.90 Å². The molecule has 0 saturated carbocycles. The highest BCUT2D eigenvalue weighted by Gasteiger charge is 2.22. The van der Waals surface area contributed by atoms with Gasteiger partial charge in [0.2, 0.25) is 5.91 Å². The zero-order chi connectivity index (χ0) is 14.7. The number of rotatable bonds is 3. The molecule has 6 heteroatoms. The molecule has 1 amide bonds. The van der Waals surface area contributed by atoms with E-state index in [4.69, 9.17) is 17.3 Å². The van der Waals surface area contributed by atoms with E-state index in [1.165, 1.54) is 12.1 Å². The van der Waals surface area contributed by atoms with Crippen LogP contribution in [0.15, 0.2) is 18.2 Å². The zero-order valence-corrected chi connectivity index (χ0v) is 12.2. The first-order valence-electron chi connectivity index (χ1n) is 6.70. The van der Waals surface area contributed by atoms with Crippen LogP contribution in [0.2, 0.25) is 5.02 Å². The topological polar surface area (TPSA) is 49.6 Å². The molecule has 1 atom stereocenters. The molecule has 4 nitrogen and oxygen atoms in total. The smallest absolute Gasteiger partial charge is 0.224 e. The van der Waals surface area contributed by atoms with Crippen molar-refractivity contribution in [3.05, 3.63) is 29.0 Å². The third kappa shape index (κ3) is 3.61. The minimum Gasteiger partial charge on any atom is -0.367 e. The summed E-state index contributed by atoms with van der Waals surface area (Å²) in [7, 11) is 0. The van der Waals surface area contributed by atoms with E-state index in [9.17, 15) is 9.18 Å². The summed E-state index contributed by atoms with van der Waals surface area (Å²) in [6.07, 6.45) is 0.372. The van der Waals surface area contributed by atoms with Crippen LogP contribution in [-0.2, 0) is 4.79 Å². The predicted octanol–water partition coefficient (Wildman–Crippen LogP) is 1.86. The molecule has 0 bridgehead atoms. The van der Waals surface area contributed by atoms with E-state index in [1.807, 2.05) is 11.8 Å². The molecule has 1 aromatic carbocycles. The lowest BCUT2D eigenvalue weighted by molar-refractivity contribution is -0.131. The van der Waals surface area contributed by atoms with Crippen molar-refractivity contribution in [2.45, 2.75) is 19.4 Å². The van der Waals surface area contributed by atoms with Crippen molar-refractivity contribution in [3.8, 4) is 0 Å². The van der Waals surface area contributed by atoms with Gasteiger partial charge < -0.3 is 15.5 Å². The van der Waals surface area contributed by atoms with E-state index < -0.39 is 0 Å². The summed E-state index contributed by atoms with van der Waals surface area (Å²) in [6, 6.07) is 4.27. The van der Waals surface area contributed by atoms with Crippen LogP contribution in [0.4, 0.5) is 10.1 Å². The normalized spacial score (nSPS) is 17.2. The van der Waals surface area contributed by atoms with E-state index in [1.54, 1.807) is 6.07 Å². The lowest BCUT2D eigenvalue weighted by Gasteiger charge is -2.36. The number of benzene rings is 1. The maximum absolute atomic E-state index is 13.0. The quantitative estimate of drug-likeness (QED) is 0.927. The first-order chi connectivity index (χ1) is 9.47. The third-order valence-corrected chi connectivity index (χ3v) is 3.68. The van der Waals surface area contributed by atoms with Gasteiger partial charge in [0.25, 0.3) is 0 Å². The summed E-state index contributed by atoms with van der Waals surface area (Å²) in [6.45, 7) is 4.48. The monoisotopic (exact) mass is 299 g/mol. The van der Waals surface area contributed by atoms with Gasteiger partial charge in [-0.1, -0.05) is 11.6 Å². The molecule has 0 radical (unpaired) electrons. The average molecular weight is 300 g/mol. The molecule has 2 N–H and O–H groups in total. The molecule has 1 aliphatic heterocycles. The number of piperazine rings is 1. The van der Waals surface area contributed by atoms with Crippen LogP contribution in [0.5, 0.6) is 0 Å². The average Bonchev–Trinajstić information content (AvgIpc) is 2.38. The number of carbonyl (C=O) groups is 1. The van der Waals surface area contributed by atoms with Gasteiger partial charge in [-0.2, -0.15) is 0 Å². The molecule has 0 aromatic heterocycles. The van der Waals surface area contributed by atoms with Gasteiger partial charge in [0.15, 0.2) is 0 Å². The summed E-state index contributed by atoms with van der Waals surface area (Å²) < 4.78 is 13.0. The molecule has 2 rings (SSSR count). The molecule has 0 aliphatic carbocycles. The molecule has 1 fully saturated rings. The van der Waals surface area contributed by atoms with Crippen molar-refractivity contribution in [3.63, 3.8) is 0 Å². The Labute approximate surface area is 123 Å². The standard InChI is InChI=1S/C14H19ClFN3O/c1-10(17)8-14(20)19-6-4-18(5-7-19)13-3-2-11(16)9-12(13)15/h2-3,9-10H,4-8,17H2,1H3. The van der Waals surface area contributed by atoms with Gasteiger partial charge in [-0.05, 0) is 25.1 Å². The number of hydrogen-bond donors (Lipinski definition) is 1. The van der Waals surface area contributed by atoms with E-state index >= 15 is 0 Å². The second-order valence-electron chi connectivity index (χ2n) is 5.14. The van der Waals surface area contributed by atoms with Gasteiger partial charge in [0.05, 0.1) is 10.7 Å². The van der Waals surface area contributed by atoms with Crippen LogP contribution >= 0.6 is 11.6 Å². The Kier molecular flexibility index (Phi) is 4.83. The van der Waals surface area contributed by atoms with Crippen LogP contribution in [0.1, 0.15) is 13.3 Å². The SMILES string of the molecule is CC(N)CC(=O)N1CCN(c2ccc(F)cc2Cl)CC1. The minimum atomic E-state index is -0.343. The summed E-state index contributed by atoms with van der Waals surface area (Å²) in [5.41, 5.74) is 6.45. The molecular weight excluding hydrogens is 281 g/mol. The van der Waals surface area contributed by atoms with Crippen molar-refractivity contribution in [2.24, 2.45) is 5.73 Å². The highest BCUT2D eigenvalue weighted by molar-refractivity contribution is 6.33. The summed E-state index contributed by atoms with van der Waals surface area (Å²) in [5, 5.41) is 0.403. The number of carbonyl (C=O) groups excluding carboxylic acids is 1. The highest BCUT2D eigenvalue weighted by Crippen LogP contribution is 2.27. The van der Waals surface area contributed by atoms with Gasteiger partial charge >= 0.3 is 0 Å². The maximum Gasteiger partial charge on any atom is 0.224 e. The largest absolute Gasteiger partial charge is 0.367 e. The highest BCUT2D eigenvalue weighted by atomic mass is 35.5. The molecule has 1 unspecified atom stereocenters. The number of amides is 1. The number of nitrogens with two attached hydrogens (primary N) is 1. The molecule has 0 spiro atoms. The van der Waals surface area contributed by atoms with Crippen LogP contribution in [0.3, 0.4) is 0 Å². The van der Waals surface area contributed by atoms with Crippen molar-refractivity contribution < 1.29 is 9.18 Å². The maximum atomic E-state index is 13.0. The number of halogens is 2. The van der Waals surface area contributed by atoms with Crippen molar-refractivity contribution in [2.75, 3.05) is 31.1 Å². The first kappa shape index (κ1) is 15.1. The van der Waals surface area contributed by atoms with Crippen molar-refractivity contribution >= 4 is 23.2 Å².